The van der Waals surface area contributed by atoms with Gasteiger partial charge < -0.3 is 30.6 Å². The molecule has 12 heteroatoms. The van der Waals surface area contributed by atoms with E-state index in [1.54, 1.807) is 54.7 Å². The maximum absolute atomic E-state index is 13.4. The summed E-state index contributed by atoms with van der Waals surface area (Å²) in [5.74, 6) is -2.04. The molecule has 4 rings (SSSR count). The van der Waals surface area contributed by atoms with Crippen molar-refractivity contribution >= 4 is 51.0 Å². The van der Waals surface area contributed by atoms with Gasteiger partial charge >= 0.3 is 35.7 Å². The number of hydrogen-bond acceptors (Lipinski definition) is 8. The third kappa shape index (κ3) is 9.95. The zero-order valence-corrected chi connectivity index (χ0v) is 25.9. The van der Waals surface area contributed by atoms with Crippen molar-refractivity contribution in [3.05, 3.63) is 95.1 Å². The number of benzene rings is 2. The number of ether oxygens (including phenoxy) is 1. The number of thiophene rings is 1. The molecule has 0 bridgehead atoms. The molecule has 2 heterocycles. The number of para-hydroxylation sites is 1. The third-order valence-corrected chi connectivity index (χ3v) is 7.28. The summed E-state index contributed by atoms with van der Waals surface area (Å²) < 4.78 is 6.11. The average Bonchev–Trinajstić information content (AvgIpc) is 3.42. The maximum Gasteiger partial charge on any atom is 1.00 e. The molecule has 42 heavy (non-hydrogen) atoms. The van der Waals surface area contributed by atoms with Gasteiger partial charge in [-0.1, -0.05) is 42.5 Å². The van der Waals surface area contributed by atoms with E-state index < -0.39 is 24.0 Å². The van der Waals surface area contributed by atoms with E-state index in [1.165, 1.54) is 11.3 Å². The summed E-state index contributed by atoms with van der Waals surface area (Å²) in [5, 5.41) is 20.2. The van der Waals surface area contributed by atoms with Crippen LogP contribution in [0.4, 0.5) is 10.5 Å². The number of carbonyl (C=O) groups excluding carboxylic acids is 4. The number of alkyl carbamates (subject to hydrolysis) is 1. The van der Waals surface area contributed by atoms with Crippen molar-refractivity contribution in [1.29, 1.82) is 0 Å². The first-order valence-corrected chi connectivity index (χ1v) is 13.9. The summed E-state index contributed by atoms with van der Waals surface area (Å²) >= 11 is 1.33. The molecule has 0 saturated carbocycles. The van der Waals surface area contributed by atoms with Gasteiger partial charge in [-0.25, -0.2) is 4.79 Å². The number of carbonyl (C=O) groups is 4. The van der Waals surface area contributed by atoms with Crippen LogP contribution in [0.5, 0.6) is 0 Å². The number of aliphatic carboxylic acids is 1. The molecule has 4 aromatic rings. The van der Waals surface area contributed by atoms with E-state index in [0.29, 0.717) is 28.2 Å². The number of carboxylic acid groups (broad SMARTS) is 1. The van der Waals surface area contributed by atoms with Crippen LogP contribution in [0.1, 0.15) is 40.2 Å². The first kappa shape index (κ1) is 32.7. The van der Waals surface area contributed by atoms with Gasteiger partial charge in [0.05, 0.1) is 10.6 Å². The van der Waals surface area contributed by atoms with Gasteiger partial charge in [0.2, 0.25) is 5.91 Å². The Bertz CT molecular complexity index is 1480. The first-order valence-electron chi connectivity index (χ1n) is 13.1. The minimum Gasteiger partial charge on any atom is -0.550 e. The molecule has 0 saturated heterocycles. The molecular weight excluding hydrogens is 567 g/mol. The molecule has 0 aliphatic rings. The smallest absolute Gasteiger partial charge is 0.550 e. The van der Waals surface area contributed by atoms with Crippen LogP contribution in [-0.4, -0.2) is 41.4 Å². The Labute approximate surface area is 269 Å². The largest absolute Gasteiger partial charge is 1.00 e. The van der Waals surface area contributed by atoms with E-state index >= 15 is 0 Å². The van der Waals surface area contributed by atoms with E-state index in [1.807, 2.05) is 24.3 Å². The number of amides is 3. The van der Waals surface area contributed by atoms with Gasteiger partial charge in [0.1, 0.15) is 12.6 Å². The Kier molecular flexibility index (Phi) is 13.0. The number of fused-ring (bicyclic) bond motifs is 1. The van der Waals surface area contributed by atoms with Crippen LogP contribution >= 0.6 is 11.3 Å². The van der Waals surface area contributed by atoms with Gasteiger partial charge in [-0.05, 0) is 67.0 Å². The Morgan fingerprint density at radius 3 is 2.50 bits per heavy atom. The van der Waals surface area contributed by atoms with Crippen LogP contribution in [0.3, 0.4) is 0 Å². The number of pyridine rings is 1. The normalized spacial score (nSPS) is 11.1. The number of hydrogen-bond donors (Lipinski definition) is 3. The number of aryl methyl sites for hydroxylation is 1. The molecule has 0 unspecified atom stereocenters. The van der Waals surface area contributed by atoms with E-state index in [4.69, 9.17) is 4.74 Å². The molecule has 0 fully saturated rings. The number of rotatable bonds is 13. The fourth-order valence-electron chi connectivity index (χ4n) is 4.08. The van der Waals surface area contributed by atoms with Crippen LogP contribution in [0, 0.1) is 0 Å². The first-order chi connectivity index (χ1) is 19.9. The molecule has 3 amide bonds. The number of anilines is 1. The Morgan fingerprint density at radius 1 is 0.976 bits per heavy atom. The van der Waals surface area contributed by atoms with Gasteiger partial charge in [-0.2, -0.15) is 0 Å². The summed E-state index contributed by atoms with van der Waals surface area (Å²) in [5.41, 5.74) is 1.70. The van der Waals surface area contributed by atoms with E-state index in [9.17, 15) is 24.3 Å². The Morgan fingerprint density at radius 2 is 1.74 bits per heavy atom. The number of aromatic nitrogens is 1. The summed E-state index contributed by atoms with van der Waals surface area (Å²) in [4.78, 5) is 54.1. The maximum atomic E-state index is 13.4. The van der Waals surface area contributed by atoms with Crippen LogP contribution in [0.25, 0.3) is 10.1 Å². The third-order valence-electron chi connectivity index (χ3n) is 6.16. The molecule has 0 spiro atoms. The summed E-state index contributed by atoms with van der Waals surface area (Å²) in [6.45, 7) is 0.242. The topological polar surface area (TPSA) is 150 Å². The molecule has 10 nitrogen and oxygen atoms in total. The quantitative estimate of drug-likeness (QED) is 0.150. The molecule has 212 valence electrons. The van der Waals surface area contributed by atoms with Gasteiger partial charge in [0, 0.05) is 29.1 Å². The molecule has 2 aromatic carbocycles. The fourth-order valence-corrected chi connectivity index (χ4v) is 5.05. The van der Waals surface area contributed by atoms with E-state index in [2.05, 4.69) is 20.9 Å². The summed E-state index contributed by atoms with van der Waals surface area (Å²) in [6.07, 6.45) is 1.58. The molecule has 0 aliphatic carbocycles. The fraction of sp³-hybridized carbons (Fsp3) is 0.233. The predicted octanol–water partition coefficient (Wildman–Crippen LogP) is 0.427. The molecular formula is C30H29N4NaO6S. The van der Waals surface area contributed by atoms with Crippen molar-refractivity contribution in [3.8, 4) is 0 Å². The van der Waals surface area contributed by atoms with Gasteiger partial charge in [0.25, 0.3) is 5.91 Å². The second-order valence-corrected chi connectivity index (χ2v) is 10.2. The Balaban J connectivity index is 0.00000484. The van der Waals surface area contributed by atoms with Gasteiger partial charge in [-0.3, -0.25) is 14.6 Å². The number of carboxylic acids is 1. The van der Waals surface area contributed by atoms with Crippen LogP contribution in [0.2, 0.25) is 0 Å². The summed E-state index contributed by atoms with van der Waals surface area (Å²) in [7, 11) is 0. The van der Waals surface area contributed by atoms with Crippen LogP contribution in [-0.2, 0) is 27.4 Å². The van der Waals surface area contributed by atoms with Gasteiger partial charge in [-0.15, -0.1) is 11.3 Å². The van der Waals surface area contributed by atoms with Crippen molar-refractivity contribution in [3.63, 3.8) is 0 Å². The van der Waals surface area contributed by atoms with E-state index in [0.717, 1.165) is 10.1 Å². The predicted molar refractivity (Wildman–Crippen MR) is 153 cm³/mol. The minimum absolute atomic E-state index is 0. The second-order valence-electron chi connectivity index (χ2n) is 9.16. The summed E-state index contributed by atoms with van der Waals surface area (Å²) in [6, 6.07) is 20.6. The van der Waals surface area contributed by atoms with Gasteiger partial charge in [0.15, 0.2) is 0 Å². The SMILES string of the molecule is O=C([O-])CCc1ccccc1NC(=O)[C@H](CCCNC(=O)OCc1ccccn1)NC(=O)c1cc2ccccc2s1.[Na+]. The Hall–Kier alpha value is -3.77. The number of nitrogens with one attached hydrogen (secondary N) is 3. The minimum atomic E-state index is -1.19. The van der Waals surface area contributed by atoms with Crippen LogP contribution < -0.4 is 50.6 Å². The monoisotopic (exact) mass is 596 g/mol. The molecule has 0 aliphatic heterocycles. The van der Waals surface area contributed by atoms with Crippen molar-refractivity contribution in [2.24, 2.45) is 0 Å². The van der Waals surface area contributed by atoms with Crippen molar-refractivity contribution in [2.45, 2.75) is 38.3 Å². The zero-order chi connectivity index (χ0) is 29.0. The average molecular weight is 597 g/mol. The van der Waals surface area contributed by atoms with Crippen molar-refractivity contribution < 1.29 is 58.6 Å². The molecule has 0 radical (unpaired) electrons. The van der Waals surface area contributed by atoms with Crippen LogP contribution in [0.15, 0.2) is 79.0 Å². The molecule has 3 N–H and O–H groups in total. The second kappa shape index (κ2) is 16.6. The van der Waals surface area contributed by atoms with E-state index in [-0.39, 0.29) is 67.9 Å². The molecule has 2 aromatic heterocycles. The van der Waals surface area contributed by atoms with Crippen molar-refractivity contribution in [1.82, 2.24) is 15.6 Å². The van der Waals surface area contributed by atoms with Crippen molar-refractivity contribution in [2.75, 3.05) is 11.9 Å². The number of nitrogens with zero attached hydrogens (tertiary/aromatic N) is 1. The standard InChI is InChI=1S/C30H30N4O6S.Na/c35-27(36)15-14-20-8-1-3-11-23(20)33-28(37)24(34-29(38)26-18-21-9-2-4-13-25(21)41-26)12-7-17-32-30(39)40-19-22-10-5-6-16-31-22;/h1-6,8-11,13,16,18,24H,7,12,14-15,17,19H2,(H,32,39)(H,33,37)(H,34,38)(H,35,36);/q;+1/p-1/t24-;/m0./s1. The molecule has 1 atom stereocenters. The zero-order valence-electron chi connectivity index (χ0n) is 23.1.